The zero-order chi connectivity index (χ0) is 9.84. The highest BCUT2D eigenvalue weighted by atomic mass is 16.1. The van der Waals surface area contributed by atoms with Crippen molar-refractivity contribution >= 4 is 17.3 Å². The Morgan fingerprint density at radius 2 is 2.23 bits per heavy atom. The van der Waals surface area contributed by atoms with Gasteiger partial charge >= 0.3 is 0 Å². The summed E-state index contributed by atoms with van der Waals surface area (Å²) in [6.45, 7) is 1.86. The Morgan fingerprint density at radius 3 is 2.69 bits per heavy atom. The molecule has 1 aromatic rings. The minimum atomic E-state index is -0.111. The average molecular weight is 179 g/mol. The number of amides is 1. The van der Waals surface area contributed by atoms with Crippen molar-refractivity contribution in [3.8, 4) is 0 Å². The van der Waals surface area contributed by atoms with Gasteiger partial charge in [0, 0.05) is 24.8 Å². The molecule has 1 rings (SSSR count). The predicted octanol–water partition coefficient (Wildman–Crippen LogP) is 0.686. The molecule has 0 aromatic heterocycles. The highest BCUT2D eigenvalue weighted by Gasteiger charge is 1.99. The Kier molecular flexibility index (Phi) is 2.87. The fraction of sp³-hybridized carbons (Fsp3) is 0.222. The fourth-order valence-electron chi connectivity index (χ4n) is 1.06. The van der Waals surface area contributed by atoms with Gasteiger partial charge in [0.2, 0.25) is 5.91 Å². The molecule has 4 heteroatoms. The molecule has 0 heterocycles. The van der Waals surface area contributed by atoms with Crippen LogP contribution in [0.2, 0.25) is 0 Å². The number of nitrogens with two attached hydrogens (primary N) is 2. The molecule has 0 atom stereocenters. The van der Waals surface area contributed by atoms with Gasteiger partial charge in [-0.25, -0.2) is 0 Å². The number of rotatable bonds is 2. The number of nitrogen functional groups attached to an aromatic ring is 1. The molecule has 0 aliphatic carbocycles. The first-order chi connectivity index (χ1) is 6.13. The van der Waals surface area contributed by atoms with E-state index >= 15 is 0 Å². The molecule has 5 N–H and O–H groups in total. The van der Waals surface area contributed by atoms with E-state index in [9.17, 15) is 4.79 Å². The third-order valence-corrected chi connectivity index (χ3v) is 1.69. The first-order valence-corrected chi connectivity index (χ1v) is 3.99. The molecule has 4 nitrogen and oxygen atoms in total. The molecule has 0 spiro atoms. The molecule has 13 heavy (non-hydrogen) atoms. The number of carbonyl (C=O) groups excluding carboxylic acids is 1. The Hall–Kier alpha value is -1.55. The van der Waals surface area contributed by atoms with Gasteiger partial charge in [-0.2, -0.15) is 0 Å². The second-order valence-electron chi connectivity index (χ2n) is 2.80. The van der Waals surface area contributed by atoms with Crippen molar-refractivity contribution in [1.29, 1.82) is 0 Å². The van der Waals surface area contributed by atoms with E-state index in [0.29, 0.717) is 17.9 Å². The van der Waals surface area contributed by atoms with E-state index in [1.807, 2.05) is 0 Å². The lowest BCUT2D eigenvalue weighted by molar-refractivity contribution is -0.114. The zero-order valence-electron chi connectivity index (χ0n) is 7.50. The van der Waals surface area contributed by atoms with Crippen LogP contribution in [0, 0.1) is 0 Å². The quantitative estimate of drug-likeness (QED) is 0.584. The van der Waals surface area contributed by atoms with Gasteiger partial charge in [-0.05, 0) is 17.7 Å². The lowest BCUT2D eigenvalue weighted by Crippen LogP contribution is -2.07. The summed E-state index contributed by atoms with van der Waals surface area (Å²) in [4.78, 5) is 10.7. The highest BCUT2D eigenvalue weighted by Crippen LogP contribution is 2.17. The minimum Gasteiger partial charge on any atom is -0.398 e. The maximum atomic E-state index is 10.7. The lowest BCUT2D eigenvalue weighted by Gasteiger charge is -2.06. The second-order valence-corrected chi connectivity index (χ2v) is 2.80. The van der Waals surface area contributed by atoms with Crippen LogP contribution >= 0.6 is 0 Å². The van der Waals surface area contributed by atoms with Crippen molar-refractivity contribution in [2.75, 3.05) is 11.1 Å². The summed E-state index contributed by atoms with van der Waals surface area (Å²) in [5.41, 5.74) is 13.3. The monoisotopic (exact) mass is 179 g/mol. The molecule has 0 aliphatic heterocycles. The van der Waals surface area contributed by atoms with Gasteiger partial charge in [0.1, 0.15) is 0 Å². The number of carbonyl (C=O) groups is 1. The minimum absolute atomic E-state index is 0.111. The van der Waals surface area contributed by atoms with E-state index in [2.05, 4.69) is 5.32 Å². The Bertz CT molecular complexity index is 323. The van der Waals surface area contributed by atoms with E-state index < -0.39 is 0 Å². The topological polar surface area (TPSA) is 81.1 Å². The van der Waals surface area contributed by atoms with Crippen LogP contribution in [0.15, 0.2) is 18.2 Å². The second kappa shape index (κ2) is 3.91. The van der Waals surface area contributed by atoms with Crippen molar-refractivity contribution in [2.24, 2.45) is 5.73 Å². The molecular formula is C9H13N3O. The molecule has 70 valence electrons. The Morgan fingerprint density at radius 1 is 1.54 bits per heavy atom. The molecule has 0 saturated heterocycles. The third-order valence-electron chi connectivity index (χ3n) is 1.69. The standard InChI is InChI=1S/C9H13N3O/c1-6(13)12-8-3-2-7(5-10)9(11)4-8/h2-4H,5,10-11H2,1H3,(H,12,13). The van der Waals surface area contributed by atoms with Crippen LogP contribution < -0.4 is 16.8 Å². The summed E-state index contributed by atoms with van der Waals surface area (Å²) >= 11 is 0. The smallest absolute Gasteiger partial charge is 0.221 e. The zero-order valence-corrected chi connectivity index (χ0v) is 7.50. The first kappa shape index (κ1) is 9.54. The largest absolute Gasteiger partial charge is 0.398 e. The molecular weight excluding hydrogens is 166 g/mol. The maximum absolute atomic E-state index is 10.7. The number of benzene rings is 1. The average Bonchev–Trinajstić information content (AvgIpc) is 2.03. The maximum Gasteiger partial charge on any atom is 0.221 e. The van der Waals surface area contributed by atoms with Crippen LogP contribution in [0.4, 0.5) is 11.4 Å². The number of hydrogen-bond acceptors (Lipinski definition) is 3. The molecule has 1 amide bonds. The van der Waals surface area contributed by atoms with Crippen molar-refractivity contribution in [2.45, 2.75) is 13.5 Å². The number of anilines is 2. The normalized spacial score (nSPS) is 9.69. The predicted molar refractivity (Wildman–Crippen MR) is 53.0 cm³/mol. The van der Waals surface area contributed by atoms with E-state index in [0.717, 1.165) is 5.56 Å². The highest BCUT2D eigenvalue weighted by molar-refractivity contribution is 5.89. The molecule has 0 bridgehead atoms. The number of nitrogens with one attached hydrogen (secondary N) is 1. The van der Waals surface area contributed by atoms with Gasteiger partial charge < -0.3 is 16.8 Å². The van der Waals surface area contributed by atoms with E-state index in [1.165, 1.54) is 6.92 Å². The van der Waals surface area contributed by atoms with Crippen molar-refractivity contribution < 1.29 is 4.79 Å². The summed E-state index contributed by atoms with van der Waals surface area (Å²) in [6.07, 6.45) is 0. The number of hydrogen-bond donors (Lipinski definition) is 3. The first-order valence-electron chi connectivity index (χ1n) is 3.99. The molecule has 0 saturated carbocycles. The Labute approximate surface area is 76.9 Å². The van der Waals surface area contributed by atoms with Gasteiger partial charge in [0.15, 0.2) is 0 Å². The van der Waals surface area contributed by atoms with Gasteiger partial charge in [0.25, 0.3) is 0 Å². The molecule has 1 aromatic carbocycles. The molecule has 0 radical (unpaired) electrons. The van der Waals surface area contributed by atoms with E-state index in [-0.39, 0.29) is 5.91 Å². The van der Waals surface area contributed by atoms with Crippen molar-refractivity contribution in [3.63, 3.8) is 0 Å². The summed E-state index contributed by atoms with van der Waals surface area (Å²) in [7, 11) is 0. The van der Waals surface area contributed by atoms with E-state index in [1.54, 1.807) is 18.2 Å². The van der Waals surface area contributed by atoms with E-state index in [4.69, 9.17) is 11.5 Å². The van der Waals surface area contributed by atoms with Crippen LogP contribution in [0.25, 0.3) is 0 Å². The van der Waals surface area contributed by atoms with Gasteiger partial charge in [-0.3, -0.25) is 4.79 Å². The van der Waals surface area contributed by atoms with Gasteiger partial charge in [0.05, 0.1) is 0 Å². The van der Waals surface area contributed by atoms with Crippen LogP contribution in [0.5, 0.6) is 0 Å². The Balaban J connectivity index is 2.89. The summed E-state index contributed by atoms with van der Waals surface area (Å²) in [6, 6.07) is 5.28. The SMILES string of the molecule is CC(=O)Nc1ccc(CN)c(N)c1. The van der Waals surface area contributed by atoms with Crippen LogP contribution in [-0.4, -0.2) is 5.91 Å². The third kappa shape index (κ3) is 2.45. The van der Waals surface area contributed by atoms with Gasteiger partial charge in [-0.1, -0.05) is 6.07 Å². The van der Waals surface area contributed by atoms with Crippen LogP contribution in [-0.2, 0) is 11.3 Å². The van der Waals surface area contributed by atoms with Crippen molar-refractivity contribution in [1.82, 2.24) is 0 Å². The molecule has 0 aliphatic rings. The van der Waals surface area contributed by atoms with Crippen LogP contribution in [0.1, 0.15) is 12.5 Å². The van der Waals surface area contributed by atoms with Crippen LogP contribution in [0.3, 0.4) is 0 Å². The summed E-state index contributed by atoms with van der Waals surface area (Å²) in [5, 5.41) is 2.64. The molecule has 0 fully saturated rings. The van der Waals surface area contributed by atoms with Gasteiger partial charge in [-0.15, -0.1) is 0 Å². The lowest BCUT2D eigenvalue weighted by atomic mass is 10.1. The summed E-state index contributed by atoms with van der Waals surface area (Å²) in [5.74, 6) is -0.111. The fourth-order valence-corrected chi connectivity index (χ4v) is 1.06. The van der Waals surface area contributed by atoms with Crippen molar-refractivity contribution in [3.05, 3.63) is 23.8 Å². The summed E-state index contributed by atoms with van der Waals surface area (Å²) < 4.78 is 0. The molecule has 0 unspecified atom stereocenters.